The molecular weight excluding hydrogens is 252 g/mol. The molecule has 2 rings (SSSR count). The van der Waals surface area contributed by atoms with Gasteiger partial charge in [-0.3, -0.25) is 0 Å². The van der Waals surface area contributed by atoms with Crippen molar-refractivity contribution >= 4 is 17.3 Å². The monoisotopic (exact) mass is 266 g/mol. The molecule has 0 aliphatic carbocycles. The quantitative estimate of drug-likeness (QED) is 0.840. The summed E-state index contributed by atoms with van der Waals surface area (Å²) in [5.41, 5.74) is 1.48. The van der Waals surface area contributed by atoms with E-state index in [0.717, 1.165) is 18.8 Å². The van der Waals surface area contributed by atoms with Crippen LogP contribution in [0, 0.1) is 11.3 Å². The summed E-state index contributed by atoms with van der Waals surface area (Å²) in [6.45, 7) is 1.52. The number of hydrogen-bond acceptors (Lipinski definition) is 4. The highest BCUT2D eigenvalue weighted by Crippen LogP contribution is 2.27. The van der Waals surface area contributed by atoms with E-state index in [1.807, 2.05) is 12.1 Å². The summed E-state index contributed by atoms with van der Waals surface area (Å²) in [5, 5.41) is 9.32. The Morgan fingerprint density at radius 2 is 1.89 bits per heavy atom. The van der Waals surface area contributed by atoms with E-state index in [4.69, 9.17) is 26.3 Å². The number of benzene rings is 1. The predicted molar refractivity (Wildman–Crippen MR) is 70.0 cm³/mol. The SMILES string of the molecule is COC1CN(c2ccc(C#N)c(Cl)c2)CC1OC. The molecule has 1 heterocycles. The molecule has 0 radical (unpaired) electrons. The lowest BCUT2D eigenvalue weighted by atomic mass is 10.2. The van der Waals surface area contributed by atoms with E-state index in [1.54, 1.807) is 20.3 Å². The first kappa shape index (κ1) is 13.2. The molecule has 4 nitrogen and oxygen atoms in total. The summed E-state index contributed by atoms with van der Waals surface area (Å²) in [5.74, 6) is 0. The van der Waals surface area contributed by atoms with Crippen molar-refractivity contribution in [1.82, 2.24) is 0 Å². The van der Waals surface area contributed by atoms with Crippen LogP contribution >= 0.6 is 11.6 Å². The van der Waals surface area contributed by atoms with Crippen LogP contribution in [0.15, 0.2) is 18.2 Å². The van der Waals surface area contributed by atoms with Gasteiger partial charge < -0.3 is 14.4 Å². The standard InChI is InChI=1S/C13H15ClN2O2/c1-17-12-7-16(8-13(12)18-2)10-4-3-9(6-15)11(14)5-10/h3-5,12-13H,7-8H2,1-2H3. The summed E-state index contributed by atoms with van der Waals surface area (Å²) in [6.07, 6.45) is 0.119. The average Bonchev–Trinajstić information content (AvgIpc) is 2.81. The summed E-state index contributed by atoms with van der Waals surface area (Å²) < 4.78 is 10.8. The van der Waals surface area contributed by atoms with E-state index in [1.165, 1.54) is 0 Å². The van der Waals surface area contributed by atoms with Crippen molar-refractivity contribution in [2.45, 2.75) is 12.2 Å². The Kier molecular flexibility index (Phi) is 4.07. The van der Waals surface area contributed by atoms with Crippen molar-refractivity contribution < 1.29 is 9.47 Å². The van der Waals surface area contributed by atoms with E-state index in [0.29, 0.717) is 10.6 Å². The Morgan fingerprint density at radius 1 is 1.28 bits per heavy atom. The van der Waals surface area contributed by atoms with Crippen LogP contribution in [0.4, 0.5) is 5.69 Å². The fraction of sp³-hybridized carbons (Fsp3) is 0.462. The Bertz CT molecular complexity index is 461. The smallest absolute Gasteiger partial charge is 0.102 e. The molecule has 96 valence electrons. The number of ether oxygens (including phenoxy) is 2. The number of nitriles is 1. The van der Waals surface area contributed by atoms with Gasteiger partial charge in [0.15, 0.2) is 0 Å². The molecule has 0 bridgehead atoms. The van der Waals surface area contributed by atoms with Crippen molar-refractivity contribution in [1.29, 1.82) is 5.26 Å². The predicted octanol–water partition coefficient (Wildman–Crippen LogP) is 2.06. The van der Waals surface area contributed by atoms with Crippen molar-refractivity contribution in [3.8, 4) is 6.07 Å². The number of halogens is 1. The minimum Gasteiger partial charge on any atom is -0.377 e. The molecule has 1 aromatic rings. The molecule has 0 N–H and O–H groups in total. The maximum atomic E-state index is 8.85. The van der Waals surface area contributed by atoms with Crippen LogP contribution in [0.1, 0.15) is 5.56 Å². The second kappa shape index (κ2) is 5.57. The molecule has 1 aliphatic heterocycles. The first-order valence-electron chi connectivity index (χ1n) is 5.69. The lowest BCUT2D eigenvalue weighted by Gasteiger charge is -2.18. The first-order chi connectivity index (χ1) is 8.69. The zero-order valence-electron chi connectivity index (χ0n) is 10.4. The molecule has 18 heavy (non-hydrogen) atoms. The van der Waals surface area contributed by atoms with Crippen LogP contribution in [0.25, 0.3) is 0 Å². The Labute approximate surface area is 112 Å². The molecule has 5 heteroatoms. The summed E-state index contributed by atoms with van der Waals surface area (Å²) >= 11 is 6.04. The fourth-order valence-corrected chi connectivity index (χ4v) is 2.42. The number of methoxy groups -OCH3 is 2. The summed E-state index contributed by atoms with van der Waals surface area (Å²) in [6, 6.07) is 7.50. The van der Waals surface area contributed by atoms with Crippen molar-refractivity contribution in [2.24, 2.45) is 0 Å². The highest BCUT2D eigenvalue weighted by molar-refractivity contribution is 6.32. The molecule has 2 atom stereocenters. The van der Waals surface area contributed by atoms with Gasteiger partial charge in [-0.25, -0.2) is 0 Å². The number of anilines is 1. The third-order valence-corrected chi connectivity index (χ3v) is 3.57. The number of rotatable bonds is 3. The van der Waals surface area contributed by atoms with Crippen LogP contribution in [0.5, 0.6) is 0 Å². The van der Waals surface area contributed by atoms with Crippen molar-refractivity contribution in [2.75, 3.05) is 32.2 Å². The normalized spacial score (nSPS) is 23.1. The Morgan fingerprint density at radius 3 is 2.33 bits per heavy atom. The van der Waals surface area contributed by atoms with Gasteiger partial charge in [0.1, 0.15) is 18.3 Å². The molecule has 0 amide bonds. The first-order valence-corrected chi connectivity index (χ1v) is 6.07. The maximum absolute atomic E-state index is 8.85. The van der Waals surface area contributed by atoms with Crippen molar-refractivity contribution in [3.05, 3.63) is 28.8 Å². The van der Waals surface area contributed by atoms with Gasteiger partial charge in [0, 0.05) is 33.0 Å². The van der Waals surface area contributed by atoms with Gasteiger partial charge in [-0.05, 0) is 18.2 Å². The van der Waals surface area contributed by atoms with Gasteiger partial charge in [0.25, 0.3) is 0 Å². The molecule has 1 aromatic carbocycles. The molecule has 1 fully saturated rings. The van der Waals surface area contributed by atoms with Gasteiger partial charge in [0.2, 0.25) is 0 Å². The van der Waals surface area contributed by atoms with E-state index in [2.05, 4.69) is 11.0 Å². The molecule has 0 spiro atoms. The molecule has 2 unspecified atom stereocenters. The van der Waals surface area contributed by atoms with Crippen LogP contribution in [-0.4, -0.2) is 39.5 Å². The minimum absolute atomic E-state index is 0.0596. The molecule has 1 aliphatic rings. The van der Waals surface area contributed by atoms with Crippen LogP contribution in [0.2, 0.25) is 5.02 Å². The average molecular weight is 267 g/mol. The van der Waals surface area contributed by atoms with Crippen LogP contribution in [-0.2, 0) is 9.47 Å². The maximum Gasteiger partial charge on any atom is 0.102 e. The zero-order chi connectivity index (χ0) is 13.1. The van der Waals surface area contributed by atoms with Gasteiger partial charge in [-0.2, -0.15) is 5.26 Å². The molecule has 1 saturated heterocycles. The molecule has 0 aromatic heterocycles. The third-order valence-electron chi connectivity index (χ3n) is 3.26. The zero-order valence-corrected chi connectivity index (χ0v) is 11.1. The Hall–Kier alpha value is -1.28. The van der Waals surface area contributed by atoms with Gasteiger partial charge in [-0.15, -0.1) is 0 Å². The third kappa shape index (κ3) is 2.44. The van der Waals surface area contributed by atoms with Gasteiger partial charge >= 0.3 is 0 Å². The fourth-order valence-electron chi connectivity index (χ4n) is 2.20. The van der Waals surface area contributed by atoms with Crippen molar-refractivity contribution in [3.63, 3.8) is 0 Å². The molecular formula is C13H15ClN2O2. The summed E-state index contributed by atoms with van der Waals surface area (Å²) in [4.78, 5) is 2.15. The largest absolute Gasteiger partial charge is 0.377 e. The van der Waals surface area contributed by atoms with E-state index < -0.39 is 0 Å². The second-order valence-corrected chi connectivity index (χ2v) is 4.64. The topological polar surface area (TPSA) is 45.5 Å². The lowest BCUT2D eigenvalue weighted by molar-refractivity contribution is -0.00461. The molecule has 0 saturated carbocycles. The van der Waals surface area contributed by atoms with Gasteiger partial charge in [0.05, 0.1) is 10.6 Å². The lowest BCUT2D eigenvalue weighted by Crippen LogP contribution is -2.27. The van der Waals surface area contributed by atoms with Gasteiger partial charge in [-0.1, -0.05) is 11.6 Å². The van der Waals surface area contributed by atoms with Crippen LogP contribution in [0.3, 0.4) is 0 Å². The second-order valence-electron chi connectivity index (χ2n) is 4.23. The Balaban J connectivity index is 2.19. The van der Waals surface area contributed by atoms with E-state index in [9.17, 15) is 0 Å². The highest BCUT2D eigenvalue weighted by Gasteiger charge is 2.33. The van der Waals surface area contributed by atoms with E-state index >= 15 is 0 Å². The number of hydrogen-bond donors (Lipinski definition) is 0. The number of nitrogens with zero attached hydrogens (tertiary/aromatic N) is 2. The van der Waals surface area contributed by atoms with Crippen LogP contribution < -0.4 is 4.90 Å². The van der Waals surface area contributed by atoms with E-state index in [-0.39, 0.29) is 12.2 Å². The minimum atomic E-state index is 0.0596. The summed E-state index contributed by atoms with van der Waals surface area (Å²) in [7, 11) is 3.37. The highest BCUT2D eigenvalue weighted by atomic mass is 35.5.